The molecule has 0 radical (unpaired) electrons. The largest absolute Gasteiger partial charge is 0.507 e. The van der Waals surface area contributed by atoms with Crippen molar-refractivity contribution in [1.29, 1.82) is 0 Å². The van der Waals surface area contributed by atoms with Crippen LogP contribution < -0.4 is 5.32 Å². The van der Waals surface area contributed by atoms with Crippen LogP contribution in [0.1, 0.15) is 58.2 Å². The monoisotopic (exact) mass is 333 g/mol. The molecule has 0 aliphatic carbocycles. The summed E-state index contributed by atoms with van der Waals surface area (Å²) >= 11 is 4.85. The van der Waals surface area contributed by atoms with Crippen molar-refractivity contribution in [2.45, 2.75) is 52.4 Å². The molecule has 1 amide bonds. The molecular formula is C18H23NO3S. The molecule has 0 atom stereocenters. The molecular weight excluding hydrogens is 310 g/mol. The van der Waals surface area contributed by atoms with Crippen molar-refractivity contribution in [1.82, 2.24) is 5.32 Å². The van der Waals surface area contributed by atoms with E-state index in [-0.39, 0.29) is 27.7 Å². The third kappa shape index (κ3) is 3.72. The lowest BCUT2D eigenvalue weighted by Crippen LogP contribution is -2.18. The predicted octanol–water partition coefficient (Wildman–Crippen LogP) is 3.76. The van der Waals surface area contributed by atoms with Crippen LogP contribution >= 0.6 is 12.2 Å². The highest BCUT2D eigenvalue weighted by Gasteiger charge is 2.28. The molecule has 23 heavy (non-hydrogen) atoms. The number of benzene rings is 1. The Kier molecular flexibility index (Phi) is 4.28. The lowest BCUT2D eigenvalue weighted by molar-refractivity contribution is -0.116. The fourth-order valence-corrected chi connectivity index (χ4v) is 2.64. The van der Waals surface area contributed by atoms with Gasteiger partial charge in [-0.25, -0.2) is 0 Å². The molecule has 1 heterocycles. The Labute approximate surface area is 142 Å². The topological polar surface area (TPSA) is 58.6 Å². The van der Waals surface area contributed by atoms with E-state index < -0.39 is 0 Å². The number of hydrogen-bond acceptors (Lipinski definition) is 4. The van der Waals surface area contributed by atoms with Crippen LogP contribution in [0.3, 0.4) is 0 Å². The zero-order valence-electron chi connectivity index (χ0n) is 14.4. The third-order valence-electron chi connectivity index (χ3n) is 3.69. The quantitative estimate of drug-likeness (QED) is 0.607. The van der Waals surface area contributed by atoms with Gasteiger partial charge in [0.2, 0.25) is 0 Å². The first kappa shape index (κ1) is 17.5. The fourth-order valence-electron chi connectivity index (χ4n) is 2.46. The second-order valence-corrected chi connectivity index (χ2v) is 8.19. The molecule has 2 N–H and O–H groups in total. The molecule has 0 saturated carbocycles. The number of phenolic OH excluding ortho intramolecular Hbond substituents is 1. The SMILES string of the molecule is CC(C)(C)c1cc(/C=C2\OC(=S)NC2=O)cc(C(C)(C)C)c1O. The third-order valence-corrected chi connectivity index (χ3v) is 3.87. The minimum absolute atomic E-state index is 0.0621. The van der Waals surface area contributed by atoms with Gasteiger partial charge in [0.15, 0.2) is 5.76 Å². The number of carbonyl (C=O) groups is 1. The number of phenols is 1. The summed E-state index contributed by atoms with van der Waals surface area (Å²) in [6.45, 7) is 12.2. The van der Waals surface area contributed by atoms with Crippen molar-refractivity contribution in [3.05, 3.63) is 34.6 Å². The Morgan fingerprint density at radius 1 is 1.09 bits per heavy atom. The van der Waals surface area contributed by atoms with Crippen molar-refractivity contribution in [3.8, 4) is 5.75 Å². The van der Waals surface area contributed by atoms with Crippen molar-refractivity contribution < 1.29 is 14.6 Å². The van der Waals surface area contributed by atoms with Gasteiger partial charge in [0.1, 0.15) is 5.75 Å². The van der Waals surface area contributed by atoms with E-state index in [1.54, 1.807) is 6.08 Å². The van der Waals surface area contributed by atoms with E-state index in [9.17, 15) is 9.90 Å². The van der Waals surface area contributed by atoms with Gasteiger partial charge in [-0.3, -0.25) is 10.1 Å². The Bertz CT molecular complexity index is 671. The van der Waals surface area contributed by atoms with Crippen molar-refractivity contribution in [3.63, 3.8) is 0 Å². The molecule has 1 aromatic carbocycles. The Hall–Kier alpha value is -1.88. The van der Waals surface area contributed by atoms with E-state index in [0.717, 1.165) is 16.7 Å². The van der Waals surface area contributed by atoms with Crippen LogP contribution in [0, 0.1) is 0 Å². The van der Waals surface area contributed by atoms with Crippen molar-refractivity contribution in [2.75, 3.05) is 0 Å². The van der Waals surface area contributed by atoms with Crippen molar-refractivity contribution >= 4 is 29.4 Å². The maximum absolute atomic E-state index is 11.8. The lowest BCUT2D eigenvalue weighted by Gasteiger charge is -2.27. The lowest BCUT2D eigenvalue weighted by atomic mass is 9.78. The maximum atomic E-state index is 11.8. The van der Waals surface area contributed by atoms with Crippen LogP contribution in [0.2, 0.25) is 0 Å². The van der Waals surface area contributed by atoms with Gasteiger partial charge in [-0.2, -0.15) is 0 Å². The smallest absolute Gasteiger partial charge is 0.294 e. The summed E-state index contributed by atoms with van der Waals surface area (Å²) in [5, 5.41) is 13.2. The molecule has 1 saturated heterocycles. The standard InChI is InChI=1S/C18H23NO3S/c1-17(2,3)11-7-10(8-12(14(11)20)18(4,5)6)9-13-15(21)19-16(23)22-13/h7-9,20H,1-6H3,(H,19,21,23)/b13-9-. The summed E-state index contributed by atoms with van der Waals surface area (Å²) in [5.41, 5.74) is 2.00. The van der Waals surface area contributed by atoms with Gasteiger partial charge in [-0.05, 0) is 46.8 Å². The molecule has 1 aliphatic rings. The Morgan fingerprint density at radius 3 is 1.91 bits per heavy atom. The van der Waals surface area contributed by atoms with Gasteiger partial charge in [0.05, 0.1) is 0 Å². The average molecular weight is 333 g/mol. The number of aromatic hydroxyl groups is 1. The average Bonchev–Trinajstić information content (AvgIpc) is 2.67. The highest BCUT2D eigenvalue weighted by Crippen LogP contribution is 2.40. The number of carbonyl (C=O) groups excluding carboxylic acids is 1. The molecule has 1 aliphatic heterocycles. The molecule has 0 spiro atoms. The van der Waals surface area contributed by atoms with Crippen LogP contribution in [0.25, 0.3) is 6.08 Å². The van der Waals surface area contributed by atoms with Crippen molar-refractivity contribution in [2.24, 2.45) is 0 Å². The number of thiocarbonyl (C=S) groups is 1. The van der Waals surface area contributed by atoms with E-state index in [1.165, 1.54) is 0 Å². The van der Waals surface area contributed by atoms with E-state index in [2.05, 4.69) is 5.32 Å². The van der Waals surface area contributed by atoms with Crippen LogP contribution in [-0.4, -0.2) is 16.2 Å². The van der Waals surface area contributed by atoms with E-state index >= 15 is 0 Å². The second-order valence-electron chi connectivity index (χ2n) is 7.82. The highest BCUT2D eigenvalue weighted by atomic mass is 32.1. The number of hydrogen-bond donors (Lipinski definition) is 2. The molecule has 1 fully saturated rings. The summed E-state index contributed by atoms with van der Waals surface area (Å²) in [6, 6.07) is 3.77. The highest BCUT2D eigenvalue weighted by molar-refractivity contribution is 7.80. The summed E-state index contributed by atoms with van der Waals surface area (Å²) < 4.78 is 5.23. The van der Waals surface area contributed by atoms with Gasteiger partial charge in [-0.15, -0.1) is 0 Å². The van der Waals surface area contributed by atoms with E-state index in [0.29, 0.717) is 5.75 Å². The zero-order chi connectivity index (χ0) is 17.6. The number of ether oxygens (including phenoxy) is 1. The van der Waals surface area contributed by atoms with Crippen LogP contribution in [0.15, 0.2) is 17.9 Å². The van der Waals surface area contributed by atoms with Gasteiger partial charge < -0.3 is 9.84 Å². The maximum Gasteiger partial charge on any atom is 0.294 e. The zero-order valence-corrected chi connectivity index (χ0v) is 15.2. The predicted molar refractivity (Wildman–Crippen MR) is 95.3 cm³/mol. The number of amides is 1. The molecule has 0 aromatic heterocycles. The molecule has 0 unspecified atom stereocenters. The number of rotatable bonds is 1. The van der Waals surface area contributed by atoms with Gasteiger partial charge in [0.25, 0.3) is 11.1 Å². The van der Waals surface area contributed by atoms with E-state index in [1.807, 2.05) is 53.7 Å². The Morgan fingerprint density at radius 2 is 1.57 bits per heavy atom. The van der Waals surface area contributed by atoms with E-state index in [4.69, 9.17) is 17.0 Å². The van der Waals surface area contributed by atoms with Gasteiger partial charge >= 0.3 is 0 Å². The van der Waals surface area contributed by atoms with Crippen LogP contribution in [0.5, 0.6) is 5.75 Å². The molecule has 0 bridgehead atoms. The number of nitrogens with one attached hydrogen (secondary N) is 1. The summed E-state index contributed by atoms with van der Waals surface area (Å²) in [5.74, 6) is 0.123. The fraction of sp³-hybridized carbons (Fsp3) is 0.444. The minimum Gasteiger partial charge on any atom is -0.507 e. The minimum atomic E-state index is -0.349. The first-order chi connectivity index (χ1) is 10.4. The first-order valence-corrected chi connectivity index (χ1v) is 7.93. The van der Waals surface area contributed by atoms with Gasteiger partial charge in [-0.1, -0.05) is 41.5 Å². The van der Waals surface area contributed by atoms with Gasteiger partial charge in [0, 0.05) is 11.1 Å². The first-order valence-electron chi connectivity index (χ1n) is 7.52. The molecule has 1 aromatic rings. The summed E-state index contributed by atoms with van der Waals surface area (Å²) in [6.07, 6.45) is 1.65. The summed E-state index contributed by atoms with van der Waals surface area (Å²) in [7, 11) is 0. The molecule has 4 nitrogen and oxygen atoms in total. The Balaban J connectivity index is 2.64. The van der Waals surface area contributed by atoms with Crippen LogP contribution in [-0.2, 0) is 20.4 Å². The van der Waals surface area contributed by atoms with Crippen LogP contribution in [0.4, 0.5) is 0 Å². The normalized spacial score (nSPS) is 17.4. The summed E-state index contributed by atoms with van der Waals surface area (Å²) in [4.78, 5) is 11.8. The molecule has 124 valence electrons. The molecule has 5 heteroatoms. The second kappa shape index (κ2) is 5.64. The molecule has 2 rings (SSSR count).